The zero-order valence-corrected chi connectivity index (χ0v) is 15.7. The molecule has 8 nitrogen and oxygen atoms in total. The van der Waals surface area contributed by atoms with Crippen LogP contribution < -0.4 is 9.80 Å². The molecule has 27 heavy (non-hydrogen) atoms. The van der Waals surface area contributed by atoms with Crippen molar-refractivity contribution in [3.63, 3.8) is 0 Å². The second-order valence-corrected chi connectivity index (χ2v) is 7.28. The summed E-state index contributed by atoms with van der Waals surface area (Å²) in [4.78, 5) is 36.4. The van der Waals surface area contributed by atoms with Crippen LogP contribution in [0, 0.1) is 5.92 Å². The molecule has 142 valence electrons. The zero-order valence-electron chi connectivity index (χ0n) is 15.7. The first-order chi connectivity index (χ1) is 13.2. The molecule has 2 aromatic heterocycles. The summed E-state index contributed by atoms with van der Waals surface area (Å²) in [6.07, 6.45) is 7.28. The van der Waals surface area contributed by atoms with Crippen molar-refractivity contribution in [2.75, 3.05) is 49.1 Å². The first-order valence-corrected chi connectivity index (χ1v) is 9.59. The zero-order chi connectivity index (χ0) is 18.6. The van der Waals surface area contributed by atoms with Gasteiger partial charge in [0.15, 0.2) is 0 Å². The second-order valence-electron chi connectivity index (χ2n) is 7.28. The van der Waals surface area contributed by atoms with Crippen LogP contribution in [0.4, 0.5) is 11.8 Å². The molecule has 2 saturated heterocycles. The lowest BCUT2D eigenvalue weighted by atomic mass is 10.00. The van der Waals surface area contributed by atoms with E-state index in [9.17, 15) is 4.79 Å². The fourth-order valence-electron chi connectivity index (χ4n) is 3.76. The van der Waals surface area contributed by atoms with E-state index < -0.39 is 0 Å². The molecule has 0 N–H and O–H groups in total. The van der Waals surface area contributed by atoms with E-state index in [1.807, 2.05) is 17.0 Å². The Morgan fingerprint density at radius 3 is 2.48 bits per heavy atom. The van der Waals surface area contributed by atoms with Crippen molar-refractivity contribution < 1.29 is 4.79 Å². The minimum absolute atomic E-state index is 0.0153. The minimum atomic E-state index is 0.0153. The van der Waals surface area contributed by atoms with Gasteiger partial charge in [0.2, 0.25) is 5.95 Å². The smallest absolute Gasteiger partial charge is 0.272 e. The lowest BCUT2D eigenvalue weighted by Gasteiger charge is -2.35. The average Bonchev–Trinajstić information content (AvgIpc) is 2.74. The molecule has 0 bridgehead atoms. The van der Waals surface area contributed by atoms with Gasteiger partial charge in [-0.3, -0.25) is 4.79 Å². The van der Waals surface area contributed by atoms with Crippen molar-refractivity contribution in [2.24, 2.45) is 5.92 Å². The highest BCUT2D eigenvalue weighted by Crippen LogP contribution is 2.20. The van der Waals surface area contributed by atoms with Crippen molar-refractivity contribution in [2.45, 2.75) is 19.8 Å². The number of hydrogen-bond donors (Lipinski definition) is 0. The van der Waals surface area contributed by atoms with Gasteiger partial charge in [-0.1, -0.05) is 6.92 Å². The molecule has 2 aliphatic heterocycles. The number of aromatic nitrogens is 4. The number of nitrogens with zero attached hydrogens (tertiary/aromatic N) is 7. The maximum atomic E-state index is 12.8. The molecular formula is C19H25N7O. The summed E-state index contributed by atoms with van der Waals surface area (Å²) in [5.41, 5.74) is 0.489. The van der Waals surface area contributed by atoms with Gasteiger partial charge in [-0.25, -0.2) is 19.9 Å². The summed E-state index contributed by atoms with van der Waals surface area (Å²) in [6, 6.07) is 3.65. The van der Waals surface area contributed by atoms with Crippen LogP contribution in [0.5, 0.6) is 0 Å². The van der Waals surface area contributed by atoms with Gasteiger partial charge in [0.1, 0.15) is 17.8 Å². The second kappa shape index (κ2) is 7.85. The van der Waals surface area contributed by atoms with E-state index >= 15 is 0 Å². The normalized spacial score (nSPS) is 20.6. The van der Waals surface area contributed by atoms with Crippen LogP contribution >= 0.6 is 0 Å². The molecule has 4 heterocycles. The quantitative estimate of drug-likeness (QED) is 0.813. The monoisotopic (exact) mass is 367 g/mol. The van der Waals surface area contributed by atoms with E-state index in [4.69, 9.17) is 0 Å². The number of piperazine rings is 1. The molecule has 2 fully saturated rings. The number of carbonyl (C=O) groups excluding carboxylic acids is 1. The van der Waals surface area contributed by atoms with E-state index in [1.54, 1.807) is 12.4 Å². The Labute approximate surface area is 159 Å². The highest BCUT2D eigenvalue weighted by molar-refractivity contribution is 5.93. The van der Waals surface area contributed by atoms with E-state index in [1.165, 1.54) is 12.7 Å². The number of rotatable bonds is 3. The van der Waals surface area contributed by atoms with Gasteiger partial charge in [-0.15, -0.1) is 0 Å². The molecule has 0 radical (unpaired) electrons. The molecule has 1 atom stereocenters. The van der Waals surface area contributed by atoms with E-state index in [-0.39, 0.29) is 5.91 Å². The van der Waals surface area contributed by atoms with Crippen LogP contribution in [-0.2, 0) is 0 Å². The SMILES string of the molecule is CC1CCCN(C(=O)c2cc(N3CCN(c4ncccn4)CC3)ncn2)C1. The highest BCUT2D eigenvalue weighted by Gasteiger charge is 2.25. The number of likely N-dealkylation sites (tertiary alicyclic amines) is 1. The molecule has 0 aromatic carbocycles. The standard InChI is InChI=1S/C19H25N7O/c1-15-4-2-7-26(13-15)18(27)16-12-17(23-14-22-16)24-8-10-25(11-9-24)19-20-5-3-6-21-19/h3,5-6,12,14-15H,2,4,7-11,13H2,1H3. The van der Waals surface area contributed by atoms with Gasteiger partial charge >= 0.3 is 0 Å². The van der Waals surface area contributed by atoms with E-state index in [0.717, 1.165) is 57.5 Å². The van der Waals surface area contributed by atoms with E-state index in [2.05, 4.69) is 36.7 Å². The molecule has 1 amide bonds. The molecule has 1 unspecified atom stereocenters. The molecule has 0 saturated carbocycles. The predicted octanol–water partition coefficient (Wildman–Crippen LogP) is 1.47. The molecule has 2 aliphatic rings. The van der Waals surface area contributed by atoms with Gasteiger partial charge in [0.25, 0.3) is 5.91 Å². The molecule has 8 heteroatoms. The number of carbonyl (C=O) groups is 1. The fourth-order valence-corrected chi connectivity index (χ4v) is 3.76. The van der Waals surface area contributed by atoms with Crippen molar-refractivity contribution in [3.05, 3.63) is 36.5 Å². The Balaban J connectivity index is 1.42. The van der Waals surface area contributed by atoms with Crippen LogP contribution in [0.15, 0.2) is 30.9 Å². The first kappa shape index (κ1) is 17.6. The lowest BCUT2D eigenvalue weighted by molar-refractivity contribution is 0.0677. The van der Waals surface area contributed by atoms with Crippen molar-refractivity contribution >= 4 is 17.7 Å². The Bertz CT molecular complexity index is 777. The Hall–Kier alpha value is -2.77. The van der Waals surface area contributed by atoms with Crippen LogP contribution in [0.1, 0.15) is 30.3 Å². The summed E-state index contributed by atoms with van der Waals surface area (Å²) in [7, 11) is 0. The highest BCUT2D eigenvalue weighted by atomic mass is 16.2. The van der Waals surface area contributed by atoms with Gasteiger partial charge in [-0.2, -0.15) is 0 Å². The van der Waals surface area contributed by atoms with Gasteiger partial charge in [0, 0.05) is 57.7 Å². The average molecular weight is 367 g/mol. The summed E-state index contributed by atoms with van der Waals surface area (Å²) < 4.78 is 0. The summed E-state index contributed by atoms with van der Waals surface area (Å²) in [5, 5.41) is 0. The third-order valence-corrected chi connectivity index (χ3v) is 5.25. The maximum Gasteiger partial charge on any atom is 0.272 e. The third-order valence-electron chi connectivity index (χ3n) is 5.25. The molecule has 2 aromatic rings. The van der Waals surface area contributed by atoms with E-state index in [0.29, 0.717) is 11.6 Å². The number of anilines is 2. The van der Waals surface area contributed by atoms with Gasteiger partial charge < -0.3 is 14.7 Å². The maximum absolute atomic E-state index is 12.8. The van der Waals surface area contributed by atoms with Crippen molar-refractivity contribution in [1.29, 1.82) is 0 Å². The third kappa shape index (κ3) is 3.99. The van der Waals surface area contributed by atoms with Crippen LogP contribution in [-0.4, -0.2) is 70.0 Å². The first-order valence-electron chi connectivity index (χ1n) is 9.59. The Kier molecular flexibility index (Phi) is 5.13. The summed E-state index contributed by atoms with van der Waals surface area (Å²) in [6.45, 7) is 7.09. The summed E-state index contributed by atoms with van der Waals surface area (Å²) in [5.74, 6) is 2.14. The van der Waals surface area contributed by atoms with Crippen LogP contribution in [0.2, 0.25) is 0 Å². The topological polar surface area (TPSA) is 78.4 Å². The van der Waals surface area contributed by atoms with Crippen molar-refractivity contribution in [1.82, 2.24) is 24.8 Å². The number of amides is 1. The molecule has 0 aliphatic carbocycles. The molecule has 4 rings (SSSR count). The van der Waals surface area contributed by atoms with Crippen LogP contribution in [0.3, 0.4) is 0 Å². The van der Waals surface area contributed by atoms with Crippen molar-refractivity contribution in [3.8, 4) is 0 Å². The predicted molar refractivity (Wildman–Crippen MR) is 103 cm³/mol. The lowest BCUT2D eigenvalue weighted by Crippen LogP contribution is -2.47. The Morgan fingerprint density at radius 2 is 1.74 bits per heavy atom. The molecule has 0 spiro atoms. The fraction of sp³-hybridized carbons (Fsp3) is 0.526. The number of piperidine rings is 1. The Morgan fingerprint density at radius 1 is 1.00 bits per heavy atom. The number of hydrogen-bond acceptors (Lipinski definition) is 7. The van der Waals surface area contributed by atoms with Crippen LogP contribution in [0.25, 0.3) is 0 Å². The summed E-state index contributed by atoms with van der Waals surface area (Å²) >= 11 is 0. The van der Waals surface area contributed by atoms with Gasteiger partial charge in [-0.05, 0) is 24.8 Å². The minimum Gasteiger partial charge on any atom is -0.353 e. The molecular weight excluding hydrogens is 342 g/mol. The largest absolute Gasteiger partial charge is 0.353 e. The van der Waals surface area contributed by atoms with Gasteiger partial charge in [0.05, 0.1) is 0 Å².